The zero-order chi connectivity index (χ0) is 15.5. The van der Waals surface area contributed by atoms with Crippen molar-refractivity contribution in [1.82, 2.24) is 0 Å². The molecule has 0 heterocycles. The van der Waals surface area contributed by atoms with Crippen LogP contribution in [0.5, 0.6) is 5.75 Å². The zero-order valence-corrected chi connectivity index (χ0v) is 13.9. The molecule has 22 heavy (non-hydrogen) atoms. The number of aromatic hydroxyl groups is 1. The van der Waals surface area contributed by atoms with E-state index in [0.717, 1.165) is 19.3 Å². The van der Waals surface area contributed by atoms with Gasteiger partial charge < -0.3 is 10.2 Å². The third-order valence-electron chi connectivity index (χ3n) is 6.77. The Hall–Kier alpha value is -0.930. The lowest BCUT2D eigenvalue weighted by atomic mass is 9.54. The highest BCUT2D eigenvalue weighted by Crippen LogP contribution is 2.62. The predicted molar refractivity (Wildman–Crippen MR) is 91.3 cm³/mol. The molecule has 2 fully saturated rings. The van der Waals surface area contributed by atoms with E-state index in [9.17, 15) is 10.2 Å². The van der Waals surface area contributed by atoms with Gasteiger partial charge in [0, 0.05) is 5.92 Å². The maximum atomic E-state index is 10.5. The number of aryl methyl sites for hydroxylation is 1. The maximum Gasteiger partial charge on any atom is 0.115 e. The van der Waals surface area contributed by atoms with Gasteiger partial charge in [0.2, 0.25) is 0 Å². The van der Waals surface area contributed by atoms with Crippen LogP contribution in [0.2, 0.25) is 0 Å². The molecule has 0 bridgehead atoms. The molecule has 0 unspecified atom stereocenters. The Labute approximate surface area is 137 Å². The van der Waals surface area contributed by atoms with Crippen LogP contribution in [0.4, 0.5) is 0 Å². The second-order valence-electron chi connectivity index (χ2n) is 7.90. The minimum Gasteiger partial charge on any atom is -0.508 e. The Morgan fingerprint density at radius 2 is 2.14 bits per heavy atom. The van der Waals surface area contributed by atoms with Gasteiger partial charge in [0.15, 0.2) is 0 Å². The van der Waals surface area contributed by atoms with E-state index >= 15 is 0 Å². The topological polar surface area (TPSA) is 40.5 Å². The van der Waals surface area contributed by atoms with Crippen molar-refractivity contribution in [3.05, 3.63) is 29.3 Å². The number of hydrogen-bond acceptors (Lipinski definition) is 3. The number of aliphatic hydroxyl groups is 1. The molecule has 118 valence electrons. The highest BCUT2D eigenvalue weighted by molar-refractivity contribution is 7.79. The Morgan fingerprint density at radius 3 is 2.91 bits per heavy atom. The summed E-state index contributed by atoms with van der Waals surface area (Å²) in [5, 5.41) is 22.1. The van der Waals surface area contributed by atoms with Crippen molar-refractivity contribution in [3.8, 4) is 5.75 Å². The van der Waals surface area contributed by atoms with Crippen molar-refractivity contribution in [3.63, 3.8) is 0 Å². The normalized spacial score (nSPS) is 43.1. The summed E-state index contributed by atoms with van der Waals surface area (Å²) in [6.07, 6.45) is 5.22. The van der Waals surface area contributed by atoms with Crippen LogP contribution in [0.15, 0.2) is 18.2 Å². The number of thiocarbonyl (C=S) groups is 1. The predicted octanol–water partition coefficient (Wildman–Crippen LogP) is 3.84. The van der Waals surface area contributed by atoms with Crippen molar-refractivity contribution < 1.29 is 10.2 Å². The van der Waals surface area contributed by atoms with Crippen molar-refractivity contribution in [2.75, 3.05) is 0 Å². The number of hydrogen-bond donors (Lipinski definition) is 2. The summed E-state index contributed by atoms with van der Waals surface area (Å²) in [5.41, 5.74) is 3.00. The lowest BCUT2D eigenvalue weighted by molar-refractivity contribution is 0.0489. The summed E-state index contributed by atoms with van der Waals surface area (Å²) in [6.45, 7) is 2.36. The highest BCUT2D eigenvalue weighted by atomic mass is 32.1. The molecule has 0 spiro atoms. The molecule has 1 aromatic rings. The van der Waals surface area contributed by atoms with Gasteiger partial charge in [-0.1, -0.05) is 25.2 Å². The molecule has 2 saturated carbocycles. The van der Waals surface area contributed by atoms with Gasteiger partial charge in [0.1, 0.15) is 5.75 Å². The number of phenolic OH excluding ortho intramolecular Hbond substituents is 1. The van der Waals surface area contributed by atoms with Crippen LogP contribution in [0, 0.1) is 23.2 Å². The smallest absolute Gasteiger partial charge is 0.115 e. The first kappa shape index (κ1) is 14.6. The van der Waals surface area contributed by atoms with E-state index < -0.39 is 0 Å². The quantitative estimate of drug-likeness (QED) is 0.774. The first-order valence-electron chi connectivity index (χ1n) is 8.48. The third kappa shape index (κ3) is 1.98. The first-order valence-corrected chi connectivity index (χ1v) is 8.96. The molecule has 0 saturated heterocycles. The second kappa shape index (κ2) is 5.04. The average molecular weight is 316 g/mol. The number of fused-ring (bicyclic) bond motifs is 5. The summed E-state index contributed by atoms with van der Waals surface area (Å²) in [4.78, 5) is 0. The fraction of sp³-hybridized carbons (Fsp3) is 0.632. The van der Waals surface area contributed by atoms with Gasteiger partial charge >= 0.3 is 0 Å². The van der Waals surface area contributed by atoms with E-state index in [2.05, 4.69) is 13.0 Å². The molecule has 2 nitrogen and oxygen atoms in total. The Morgan fingerprint density at radius 1 is 1.32 bits per heavy atom. The number of rotatable bonds is 1. The van der Waals surface area contributed by atoms with Crippen LogP contribution < -0.4 is 0 Å². The molecule has 6 atom stereocenters. The number of benzene rings is 1. The van der Waals surface area contributed by atoms with Crippen LogP contribution in [-0.2, 0) is 6.42 Å². The lowest BCUT2D eigenvalue weighted by Crippen LogP contribution is -2.42. The minimum atomic E-state index is -0.257. The van der Waals surface area contributed by atoms with E-state index in [-0.39, 0.29) is 17.4 Å². The second-order valence-corrected chi connectivity index (χ2v) is 8.17. The largest absolute Gasteiger partial charge is 0.508 e. The van der Waals surface area contributed by atoms with Gasteiger partial charge in [-0.2, -0.15) is 0 Å². The van der Waals surface area contributed by atoms with E-state index in [1.54, 1.807) is 0 Å². The SMILES string of the molecule is C[C@]12CC[C@@H]3c4ccc(O)cc4CC[C@H]3[C@@H]1[C@@H](C=S)[C@H](O)C2. The molecular formula is C19H24O2S. The van der Waals surface area contributed by atoms with Gasteiger partial charge in [-0.05, 0) is 83.9 Å². The molecule has 0 aromatic heterocycles. The number of phenols is 1. The van der Waals surface area contributed by atoms with Crippen molar-refractivity contribution >= 4 is 17.6 Å². The summed E-state index contributed by atoms with van der Waals surface area (Å²) in [7, 11) is 0. The van der Waals surface area contributed by atoms with Crippen LogP contribution in [0.3, 0.4) is 0 Å². The molecule has 3 aliphatic rings. The Bertz CT molecular complexity index is 613. The summed E-state index contributed by atoms with van der Waals surface area (Å²) in [6, 6.07) is 5.90. The summed E-state index contributed by atoms with van der Waals surface area (Å²) >= 11 is 5.28. The fourth-order valence-electron chi connectivity index (χ4n) is 5.91. The van der Waals surface area contributed by atoms with Gasteiger partial charge in [-0.15, -0.1) is 0 Å². The Balaban J connectivity index is 1.74. The monoisotopic (exact) mass is 316 g/mol. The minimum absolute atomic E-state index is 0.173. The highest BCUT2D eigenvalue weighted by Gasteiger charge is 2.56. The van der Waals surface area contributed by atoms with E-state index in [1.165, 1.54) is 24.0 Å². The van der Waals surface area contributed by atoms with Crippen LogP contribution >= 0.6 is 12.2 Å². The fourth-order valence-corrected chi connectivity index (χ4v) is 6.26. The number of aliphatic hydroxyl groups excluding tert-OH is 1. The van der Waals surface area contributed by atoms with Crippen LogP contribution in [-0.4, -0.2) is 21.7 Å². The van der Waals surface area contributed by atoms with Gasteiger partial charge in [0.05, 0.1) is 6.10 Å². The van der Waals surface area contributed by atoms with Crippen molar-refractivity contribution in [1.29, 1.82) is 0 Å². The lowest BCUT2D eigenvalue weighted by Gasteiger charge is -2.50. The van der Waals surface area contributed by atoms with Crippen LogP contribution in [0.25, 0.3) is 0 Å². The molecule has 0 aliphatic heterocycles. The summed E-state index contributed by atoms with van der Waals surface area (Å²) in [5.74, 6) is 2.26. The van der Waals surface area contributed by atoms with Gasteiger partial charge in [-0.3, -0.25) is 0 Å². The molecule has 0 radical (unpaired) electrons. The maximum absolute atomic E-state index is 10.5. The van der Waals surface area contributed by atoms with E-state index in [1.807, 2.05) is 17.5 Å². The van der Waals surface area contributed by atoms with Crippen molar-refractivity contribution in [2.24, 2.45) is 23.2 Å². The molecule has 1 aromatic carbocycles. The molecule has 2 N–H and O–H groups in total. The van der Waals surface area contributed by atoms with Gasteiger partial charge in [0.25, 0.3) is 0 Å². The molecule has 4 rings (SSSR count). The summed E-state index contributed by atoms with van der Waals surface area (Å²) < 4.78 is 0. The molecule has 3 heteroatoms. The third-order valence-corrected chi connectivity index (χ3v) is 7.09. The van der Waals surface area contributed by atoms with Crippen LogP contribution in [0.1, 0.15) is 49.7 Å². The molecular weight excluding hydrogens is 292 g/mol. The zero-order valence-electron chi connectivity index (χ0n) is 13.0. The van der Waals surface area contributed by atoms with E-state index in [0.29, 0.717) is 23.5 Å². The average Bonchev–Trinajstić information content (AvgIpc) is 2.76. The van der Waals surface area contributed by atoms with E-state index in [4.69, 9.17) is 12.2 Å². The standard InChI is InChI=1S/C19H24O2S/c1-19-7-6-14-13-5-3-12(20)8-11(13)2-4-15(14)18(19)16(10-22)17(21)9-19/h3,5,8,10,14-18,20-21H,2,4,6-7,9H2,1H3/t14-,15-,16+,17-,18-,19-/m1/s1. The molecule has 3 aliphatic carbocycles. The molecule has 0 amide bonds. The van der Waals surface area contributed by atoms with Crippen molar-refractivity contribution in [2.45, 2.75) is 51.0 Å². The van der Waals surface area contributed by atoms with Gasteiger partial charge in [-0.25, -0.2) is 0 Å². The Kier molecular flexibility index (Phi) is 3.35. The first-order chi connectivity index (χ1) is 10.5.